The van der Waals surface area contributed by atoms with Gasteiger partial charge in [-0.15, -0.1) is 11.3 Å². The summed E-state index contributed by atoms with van der Waals surface area (Å²) < 4.78 is 11.1. The number of aromatic nitrogens is 2. The molecular weight excluding hydrogens is 338 g/mol. The zero-order valence-corrected chi connectivity index (χ0v) is 15.1. The van der Waals surface area contributed by atoms with Crippen molar-refractivity contribution in [1.29, 1.82) is 0 Å². The van der Waals surface area contributed by atoms with Crippen molar-refractivity contribution in [2.75, 3.05) is 38.2 Å². The fourth-order valence-corrected chi connectivity index (χ4v) is 3.06. The Balaban J connectivity index is 1.64. The van der Waals surface area contributed by atoms with Crippen LogP contribution in [0.25, 0.3) is 11.3 Å². The molecule has 25 heavy (non-hydrogen) atoms. The lowest BCUT2D eigenvalue weighted by molar-refractivity contribution is 0.130. The molecule has 2 aromatic rings. The third kappa shape index (κ3) is 5.14. The minimum absolute atomic E-state index is 0.569. The van der Waals surface area contributed by atoms with Crippen molar-refractivity contribution >= 4 is 22.4 Å². The number of rotatable bonds is 8. The Bertz CT molecular complexity index is 704. The van der Waals surface area contributed by atoms with Gasteiger partial charge in [-0.1, -0.05) is 0 Å². The van der Waals surface area contributed by atoms with Crippen molar-refractivity contribution in [2.45, 2.75) is 19.8 Å². The number of hydrogen-bond donors (Lipinski definition) is 2. The number of ether oxygens (including phenoxy) is 2. The number of nitrogens with zero attached hydrogens (tertiary/aromatic N) is 3. The summed E-state index contributed by atoms with van der Waals surface area (Å²) >= 11 is 1.54. The minimum Gasteiger partial charge on any atom is -0.477 e. The van der Waals surface area contributed by atoms with Crippen LogP contribution in [0, 0.1) is 0 Å². The molecular formula is C17H23N5O2S. The van der Waals surface area contributed by atoms with Gasteiger partial charge in [0.15, 0.2) is 11.1 Å². The summed E-state index contributed by atoms with van der Waals surface area (Å²) in [6.45, 7) is 5.75. The largest absolute Gasteiger partial charge is 0.477 e. The van der Waals surface area contributed by atoms with Gasteiger partial charge in [0, 0.05) is 44.3 Å². The van der Waals surface area contributed by atoms with Crippen molar-refractivity contribution in [3.05, 3.63) is 23.7 Å². The first kappa shape index (κ1) is 17.6. The van der Waals surface area contributed by atoms with Gasteiger partial charge in [0.05, 0.1) is 17.9 Å². The number of nitrogens with one attached hydrogen (secondary N) is 2. The molecule has 0 saturated heterocycles. The van der Waals surface area contributed by atoms with E-state index >= 15 is 0 Å². The number of pyridine rings is 1. The second-order valence-electron chi connectivity index (χ2n) is 5.43. The Morgan fingerprint density at radius 3 is 3.16 bits per heavy atom. The van der Waals surface area contributed by atoms with Crippen LogP contribution < -0.4 is 15.4 Å². The lowest BCUT2D eigenvalue weighted by Gasteiger charge is -2.14. The van der Waals surface area contributed by atoms with Crippen LogP contribution in [-0.2, 0) is 4.74 Å². The van der Waals surface area contributed by atoms with Crippen molar-refractivity contribution in [3.63, 3.8) is 0 Å². The SMILES string of the molecule is CCOCCCOc1ncccc1-c1csc(NC2=NCCCN2)n1. The molecule has 7 nitrogen and oxygen atoms in total. The van der Waals surface area contributed by atoms with Gasteiger partial charge in [-0.2, -0.15) is 0 Å². The molecule has 0 bridgehead atoms. The number of thiazole rings is 1. The van der Waals surface area contributed by atoms with Crippen LogP contribution in [0.2, 0.25) is 0 Å². The van der Waals surface area contributed by atoms with E-state index in [0.29, 0.717) is 19.1 Å². The average molecular weight is 361 g/mol. The number of hydrogen-bond acceptors (Lipinski definition) is 8. The lowest BCUT2D eigenvalue weighted by atomic mass is 10.2. The molecule has 0 saturated carbocycles. The summed E-state index contributed by atoms with van der Waals surface area (Å²) in [6.07, 6.45) is 3.63. The van der Waals surface area contributed by atoms with E-state index in [9.17, 15) is 0 Å². The van der Waals surface area contributed by atoms with Crippen LogP contribution in [-0.4, -0.2) is 48.8 Å². The fourth-order valence-electron chi connectivity index (χ4n) is 2.35. The normalized spacial score (nSPS) is 13.9. The smallest absolute Gasteiger partial charge is 0.222 e. The molecule has 0 aliphatic carbocycles. The van der Waals surface area contributed by atoms with E-state index in [1.807, 2.05) is 24.4 Å². The molecule has 134 valence electrons. The molecule has 2 aromatic heterocycles. The van der Waals surface area contributed by atoms with Gasteiger partial charge in [-0.25, -0.2) is 9.97 Å². The molecule has 0 atom stereocenters. The van der Waals surface area contributed by atoms with Gasteiger partial charge in [0.1, 0.15) is 0 Å². The highest BCUT2D eigenvalue weighted by atomic mass is 32.1. The zero-order valence-electron chi connectivity index (χ0n) is 14.3. The maximum atomic E-state index is 5.81. The molecule has 8 heteroatoms. The Labute approximate surface area is 151 Å². The summed E-state index contributed by atoms with van der Waals surface area (Å²) in [5.74, 6) is 1.38. The zero-order chi connectivity index (χ0) is 17.3. The molecule has 3 heterocycles. The van der Waals surface area contributed by atoms with E-state index in [-0.39, 0.29) is 0 Å². The molecule has 3 rings (SSSR count). The van der Waals surface area contributed by atoms with Crippen molar-refractivity contribution < 1.29 is 9.47 Å². The van der Waals surface area contributed by atoms with E-state index in [2.05, 4.69) is 25.6 Å². The predicted molar refractivity (Wildman–Crippen MR) is 100 cm³/mol. The van der Waals surface area contributed by atoms with E-state index in [1.54, 1.807) is 6.20 Å². The molecule has 0 fully saturated rings. The number of anilines is 1. The summed E-state index contributed by atoms with van der Waals surface area (Å²) in [6, 6.07) is 3.86. The third-order valence-corrected chi connectivity index (χ3v) is 4.31. The van der Waals surface area contributed by atoms with Gasteiger partial charge >= 0.3 is 0 Å². The molecule has 0 amide bonds. The molecule has 0 radical (unpaired) electrons. The van der Waals surface area contributed by atoms with Gasteiger partial charge in [0.25, 0.3) is 0 Å². The van der Waals surface area contributed by atoms with Crippen LogP contribution in [0.3, 0.4) is 0 Å². The highest BCUT2D eigenvalue weighted by molar-refractivity contribution is 7.14. The first-order valence-corrected chi connectivity index (χ1v) is 9.41. The standard InChI is InChI=1S/C17H23N5O2S/c1-2-23-10-5-11-24-15-13(6-3-7-18-15)14-12-25-17(21-14)22-16-19-8-4-9-20-16/h3,6-7,12H,2,4-5,8-11H2,1H3,(H2,19,20,21,22). The predicted octanol–water partition coefficient (Wildman–Crippen LogP) is 2.77. The average Bonchev–Trinajstić information content (AvgIpc) is 3.11. The molecule has 0 spiro atoms. The maximum absolute atomic E-state index is 5.81. The van der Waals surface area contributed by atoms with E-state index in [1.165, 1.54) is 11.3 Å². The van der Waals surface area contributed by atoms with Crippen LogP contribution >= 0.6 is 11.3 Å². The molecule has 0 aromatic carbocycles. The van der Waals surface area contributed by atoms with Crippen LogP contribution in [0.15, 0.2) is 28.7 Å². The highest BCUT2D eigenvalue weighted by Gasteiger charge is 2.13. The van der Waals surface area contributed by atoms with Gasteiger partial charge in [-0.05, 0) is 25.5 Å². The summed E-state index contributed by atoms with van der Waals surface area (Å²) in [5, 5.41) is 9.25. The van der Waals surface area contributed by atoms with Crippen molar-refractivity contribution in [1.82, 2.24) is 15.3 Å². The second-order valence-corrected chi connectivity index (χ2v) is 6.29. The summed E-state index contributed by atoms with van der Waals surface area (Å²) in [5.41, 5.74) is 1.73. The molecule has 0 unspecified atom stereocenters. The van der Waals surface area contributed by atoms with Gasteiger partial charge in [0.2, 0.25) is 5.88 Å². The highest BCUT2D eigenvalue weighted by Crippen LogP contribution is 2.30. The molecule has 1 aliphatic heterocycles. The minimum atomic E-state index is 0.569. The Kier molecular flexibility index (Phi) is 6.58. The Hall–Kier alpha value is -2.19. The van der Waals surface area contributed by atoms with Crippen LogP contribution in [0.4, 0.5) is 5.13 Å². The molecule has 1 aliphatic rings. The first-order valence-electron chi connectivity index (χ1n) is 8.53. The molecule has 2 N–H and O–H groups in total. The summed E-state index contributed by atoms with van der Waals surface area (Å²) in [7, 11) is 0. The lowest BCUT2D eigenvalue weighted by Crippen LogP contribution is -2.35. The maximum Gasteiger partial charge on any atom is 0.222 e. The van der Waals surface area contributed by atoms with Crippen LogP contribution in [0.5, 0.6) is 5.88 Å². The van der Waals surface area contributed by atoms with Crippen molar-refractivity contribution in [3.8, 4) is 17.1 Å². The third-order valence-electron chi connectivity index (χ3n) is 3.55. The first-order chi connectivity index (χ1) is 12.4. The monoisotopic (exact) mass is 361 g/mol. The fraction of sp³-hybridized carbons (Fsp3) is 0.471. The topological polar surface area (TPSA) is 80.7 Å². The van der Waals surface area contributed by atoms with Crippen molar-refractivity contribution in [2.24, 2.45) is 4.99 Å². The van der Waals surface area contributed by atoms with E-state index in [4.69, 9.17) is 9.47 Å². The van der Waals surface area contributed by atoms with Gasteiger partial charge < -0.3 is 20.1 Å². The number of guanidine groups is 1. The second kappa shape index (κ2) is 9.33. The number of aliphatic imine (C=N–C) groups is 1. The Morgan fingerprint density at radius 2 is 2.32 bits per heavy atom. The van der Waals surface area contributed by atoms with E-state index < -0.39 is 0 Å². The van der Waals surface area contributed by atoms with E-state index in [0.717, 1.165) is 54.9 Å². The summed E-state index contributed by atoms with van der Waals surface area (Å²) in [4.78, 5) is 13.4. The van der Waals surface area contributed by atoms with Gasteiger partial charge in [-0.3, -0.25) is 4.99 Å². The van der Waals surface area contributed by atoms with Crippen LogP contribution in [0.1, 0.15) is 19.8 Å². The quantitative estimate of drug-likeness (QED) is 0.704. The Morgan fingerprint density at radius 1 is 1.36 bits per heavy atom.